The van der Waals surface area contributed by atoms with Gasteiger partial charge in [0.15, 0.2) is 0 Å². The molecule has 1 aliphatic heterocycles. The van der Waals surface area contributed by atoms with E-state index in [1.807, 2.05) is 0 Å². The van der Waals surface area contributed by atoms with Gasteiger partial charge in [-0.3, -0.25) is 14.5 Å². The molecule has 1 heterocycles. The molecule has 3 N–H and O–H groups in total. The van der Waals surface area contributed by atoms with E-state index in [9.17, 15) is 18.0 Å². The van der Waals surface area contributed by atoms with E-state index in [4.69, 9.17) is 5.14 Å². The Bertz CT molecular complexity index is 432. The van der Waals surface area contributed by atoms with Crippen molar-refractivity contribution in [1.29, 1.82) is 0 Å². The largest absolute Gasteiger partial charge is 0.305 e. The van der Waals surface area contributed by atoms with Crippen LogP contribution < -0.4 is 10.5 Å². The van der Waals surface area contributed by atoms with E-state index in [1.54, 1.807) is 13.8 Å². The Morgan fingerprint density at radius 3 is 2.50 bits per heavy atom. The summed E-state index contributed by atoms with van der Waals surface area (Å²) in [7, 11) is -3.47. The Morgan fingerprint density at radius 2 is 2.06 bits per heavy atom. The van der Waals surface area contributed by atoms with Gasteiger partial charge in [-0.15, -0.1) is 0 Å². The molecule has 1 atom stereocenters. The number of carbonyl (C=O) groups excluding carboxylic acids is 2. The number of hydrogen-bond donors (Lipinski definition) is 2. The van der Waals surface area contributed by atoms with Crippen molar-refractivity contribution in [3.63, 3.8) is 0 Å². The van der Waals surface area contributed by atoms with Gasteiger partial charge < -0.3 is 5.32 Å². The fourth-order valence-electron chi connectivity index (χ4n) is 1.90. The quantitative estimate of drug-likeness (QED) is 0.467. The molecule has 0 saturated carbocycles. The minimum Gasteiger partial charge on any atom is -0.305 e. The maximum absolute atomic E-state index is 11.8. The number of carbonyl (C=O) groups is 2. The van der Waals surface area contributed by atoms with E-state index in [0.717, 1.165) is 0 Å². The number of imide groups is 1. The van der Waals surface area contributed by atoms with Gasteiger partial charge in [0.25, 0.3) is 0 Å². The lowest BCUT2D eigenvalue weighted by molar-refractivity contribution is -0.140. The molecule has 0 aromatic heterocycles. The van der Waals surface area contributed by atoms with Crippen LogP contribution in [0.3, 0.4) is 0 Å². The number of hydrogen-bond acceptors (Lipinski definition) is 5. The molecule has 1 saturated heterocycles. The maximum atomic E-state index is 11.8. The van der Waals surface area contributed by atoms with Crippen molar-refractivity contribution in [2.45, 2.75) is 38.8 Å². The van der Waals surface area contributed by atoms with Crippen molar-refractivity contribution in [2.75, 3.05) is 12.3 Å². The first kappa shape index (κ1) is 15.1. The van der Waals surface area contributed by atoms with Gasteiger partial charge >= 0.3 is 0 Å². The van der Waals surface area contributed by atoms with Crippen LogP contribution in [0.2, 0.25) is 0 Å². The molecule has 1 fully saturated rings. The van der Waals surface area contributed by atoms with E-state index in [1.165, 1.54) is 4.90 Å². The summed E-state index contributed by atoms with van der Waals surface area (Å²) < 4.78 is 21.4. The van der Waals surface area contributed by atoms with Crippen molar-refractivity contribution < 1.29 is 18.0 Å². The molecule has 0 aromatic carbocycles. The lowest BCUT2D eigenvalue weighted by Gasteiger charge is -2.19. The molecule has 0 bridgehead atoms. The van der Waals surface area contributed by atoms with Gasteiger partial charge in [0.05, 0.1) is 18.2 Å². The molecule has 18 heavy (non-hydrogen) atoms. The average Bonchev–Trinajstić information content (AvgIpc) is 2.47. The number of amides is 2. The molecule has 8 heteroatoms. The third-order valence-corrected chi connectivity index (χ3v) is 3.55. The van der Waals surface area contributed by atoms with Crippen LogP contribution in [-0.2, 0) is 19.6 Å². The Hall–Kier alpha value is -0.990. The zero-order chi connectivity index (χ0) is 13.9. The van der Waals surface area contributed by atoms with Crippen LogP contribution in [-0.4, -0.2) is 49.5 Å². The van der Waals surface area contributed by atoms with Crippen molar-refractivity contribution in [3.8, 4) is 0 Å². The summed E-state index contributed by atoms with van der Waals surface area (Å²) in [5.41, 5.74) is 0. The minimum absolute atomic E-state index is 0.131. The van der Waals surface area contributed by atoms with Gasteiger partial charge in [-0.05, 0) is 26.8 Å². The van der Waals surface area contributed by atoms with Gasteiger partial charge in [-0.1, -0.05) is 0 Å². The summed E-state index contributed by atoms with van der Waals surface area (Å²) >= 11 is 0. The number of rotatable bonds is 6. The average molecular weight is 277 g/mol. The fourth-order valence-corrected chi connectivity index (χ4v) is 2.45. The highest BCUT2D eigenvalue weighted by molar-refractivity contribution is 7.89. The van der Waals surface area contributed by atoms with E-state index >= 15 is 0 Å². The minimum atomic E-state index is -3.47. The lowest BCUT2D eigenvalue weighted by Crippen LogP contribution is -2.42. The predicted molar refractivity (Wildman–Crippen MR) is 66.0 cm³/mol. The summed E-state index contributed by atoms with van der Waals surface area (Å²) in [6.07, 6.45) is 0.449. The second-order valence-corrected chi connectivity index (χ2v) is 6.36. The van der Waals surface area contributed by atoms with Crippen molar-refractivity contribution in [1.82, 2.24) is 10.2 Å². The van der Waals surface area contributed by atoms with E-state index in [2.05, 4.69) is 5.32 Å². The van der Waals surface area contributed by atoms with E-state index in [-0.39, 0.29) is 30.0 Å². The van der Waals surface area contributed by atoms with Crippen LogP contribution in [0.5, 0.6) is 0 Å². The summed E-state index contributed by atoms with van der Waals surface area (Å²) in [5.74, 6) is -0.576. The second kappa shape index (κ2) is 5.77. The molecular formula is C10H19N3O4S. The Labute approximate surface area is 107 Å². The molecule has 1 unspecified atom stereocenters. The first-order chi connectivity index (χ1) is 8.22. The second-order valence-electron chi connectivity index (χ2n) is 4.63. The smallest absolute Gasteiger partial charge is 0.247 e. The molecule has 0 aliphatic carbocycles. The third-order valence-electron chi connectivity index (χ3n) is 2.70. The highest BCUT2D eigenvalue weighted by atomic mass is 32.2. The predicted octanol–water partition coefficient (Wildman–Crippen LogP) is -1.21. The summed E-state index contributed by atoms with van der Waals surface area (Å²) in [4.78, 5) is 24.7. The van der Waals surface area contributed by atoms with Crippen molar-refractivity contribution in [3.05, 3.63) is 0 Å². The van der Waals surface area contributed by atoms with Gasteiger partial charge in [0.2, 0.25) is 21.8 Å². The summed E-state index contributed by atoms with van der Waals surface area (Å²) in [5, 5.41) is 7.74. The topological polar surface area (TPSA) is 110 Å². The molecule has 0 aromatic rings. The van der Waals surface area contributed by atoms with Crippen LogP contribution in [0.15, 0.2) is 0 Å². The molecule has 1 aliphatic rings. The standard InChI is InChI=1S/C10H19N3O4S/c1-7(2)13-9(14)6-8(10(13)15)12-4-3-5-18(11,16)17/h7-8,12H,3-6H2,1-2H3,(H2,11,16,17). The van der Waals surface area contributed by atoms with Gasteiger partial charge in [0, 0.05) is 6.04 Å². The van der Waals surface area contributed by atoms with Crippen LogP contribution in [0.4, 0.5) is 0 Å². The van der Waals surface area contributed by atoms with Crippen LogP contribution >= 0.6 is 0 Å². The Morgan fingerprint density at radius 1 is 1.44 bits per heavy atom. The zero-order valence-corrected chi connectivity index (χ0v) is 11.4. The molecule has 7 nitrogen and oxygen atoms in total. The Kier molecular flexibility index (Phi) is 4.83. The van der Waals surface area contributed by atoms with Gasteiger partial charge in [-0.25, -0.2) is 13.6 Å². The highest BCUT2D eigenvalue weighted by Gasteiger charge is 2.39. The van der Waals surface area contributed by atoms with Crippen LogP contribution in [0.25, 0.3) is 0 Å². The highest BCUT2D eigenvalue weighted by Crippen LogP contribution is 2.15. The number of likely N-dealkylation sites (tertiary alicyclic amines) is 1. The zero-order valence-electron chi connectivity index (χ0n) is 10.5. The third kappa shape index (κ3) is 4.04. The van der Waals surface area contributed by atoms with Crippen LogP contribution in [0, 0.1) is 0 Å². The van der Waals surface area contributed by atoms with Crippen molar-refractivity contribution >= 4 is 21.8 Å². The SMILES string of the molecule is CC(C)N1C(=O)CC(NCCCS(N)(=O)=O)C1=O. The Balaban J connectivity index is 2.41. The first-order valence-corrected chi connectivity index (χ1v) is 7.53. The fraction of sp³-hybridized carbons (Fsp3) is 0.800. The molecular weight excluding hydrogens is 258 g/mol. The van der Waals surface area contributed by atoms with Crippen molar-refractivity contribution in [2.24, 2.45) is 5.14 Å². The van der Waals surface area contributed by atoms with E-state index in [0.29, 0.717) is 13.0 Å². The number of primary sulfonamides is 1. The normalized spacial score (nSPS) is 21.1. The van der Waals surface area contributed by atoms with Gasteiger partial charge in [0.1, 0.15) is 0 Å². The molecule has 0 radical (unpaired) electrons. The molecule has 0 spiro atoms. The van der Waals surface area contributed by atoms with Gasteiger partial charge in [-0.2, -0.15) is 0 Å². The number of nitrogens with zero attached hydrogens (tertiary/aromatic N) is 1. The monoisotopic (exact) mass is 277 g/mol. The van der Waals surface area contributed by atoms with E-state index < -0.39 is 16.1 Å². The number of nitrogens with one attached hydrogen (secondary N) is 1. The number of nitrogens with two attached hydrogens (primary N) is 1. The molecule has 1 rings (SSSR count). The lowest BCUT2D eigenvalue weighted by atomic mass is 10.2. The maximum Gasteiger partial charge on any atom is 0.247 e. The first-order valence-electron chi connectivity index (χ1n) is 5.82. The number of sulfonamides is 1. The van der Waals surface area contributed by atoms with Crippen LogP contribution in [0.1, 0.15) is 26.7 Å². The molecule has 104 valence electrons. The summed E-state index contributed by atoms with van der Waals surface area (Å²) in [6.45, 7) is 3.89. The summed E-state index contributed by atoms with van der Waals surface area (Å²) in [6, 6.07) is -0.693. The molecule has 2 amide bonds.